The van der Waals surface area contributed by atoms with Crippen molar-refractivity contribution in [1.29, 1.82) is 0 Å². The van der Waals surface area contributed by atoms with Crippen LogP contribution in [0.15, 0.2) is 57.4 Å². The molecule has 0 aromatic heterocycles. The second kappa shape index (κ2) is 12.0. The largest absolute Gasteiger partial charge is 1.00 e. The number of rotatable bonds is 5. The number of hydrogen-bond donors (Lipinski definition) is 0. The SMILES string of the molecule is CCC(C)(CC)C1=CC[C]([Zr+2](=[C](C)C)[CH]2c3ccc(C(C)(C)C)cc3-c3cc(C(C)(C)C)ccc32)=C1.[Cl-].[Cl-]. The zero-order valence-electron chi connectivity index (χ0n) is 25.6. The quantitative estimate of drug-likeness (QED) is 0.464. The minimum atomic E-state index is -2.17. The van der Waals surface area contributed by atoms with Crippen molar-refractivity contribution in [1.82, 2.24) is 0 Å². The van der Waals surface area contributed by atoms with Gasteiger partial charge in [-0.15, -0.1) is 0 Å². The van der Waals surface area contributed by atoms with Gasteiger partial charge >= 0.3 is 231 Å². The fraction of sp³-hybridized carbons (Fsp3) is 0.514. The molecule has 0 heterocycles. The third-order valence-corrected chi connectivity index (χ3v) is 17.2. The second-order valence-corrected chi connectivity index (χ2v) is 21.2. The molecule has 0 fully saturated rings. The maximum Gasteiger partial charge on any atom is -1.00 e. The maximum atomic E-state index is 2.67. The van der Waals surface area contributed by atoms with Gasteiger partial charge in [0, 0.05) is 0 Å². The van der Waals surface area contributed by atoms with E-state index in [1.54, 1.807) is 23.2 Å². The van der Waals surface area contributed by atoms with Gasteiger partial charge in [0.2, 0.25) is 0 Å². The normalized spacial score (nSPS) is 14.9. The molecule has 0 aliphatic heterocycles. The van der Waals surface area contributed by atoms with Gasteiger partial charge in [-0.05, 0) is 0 Å². The molecule has 0 N–H and O–H groups in total. The summed E-state index contributed by atoms with van der Waals surface area (Å²) in [7, 11) is 0. The summed E-state index contributed by atoms with van der Waals surface area (Å²) in [5, 5.41) is 0. The summed E-state index contributed by atoms with van der Waals surface area (Å²) >= 11 is -2.17. The molecule has 0 unspecified atom stereocenters. The van der Waals surface area contributed by atoms with Crippen LogP contribution in [0.4, 0.5) is 0 Å². The van der Waals surface area contributed by atoms with E-state index in [0.717, 1.165) is 0 Å². The van der Waals surface area contributed by atoms with Crippen LogP contribution in [-0.4, -0.2) is 3.21 Å². The molecule has 0 saturated heterocycles. The summed E-state index contributed by atoms with van der Waals surface area (Å²) in [5.74, 6) is 0. The van der Waals surface area contributed by atoms with Crippen molar-refractivity contribution in [3.05, 3.63) is 79.7 Å². The Kier molecular flexibility index (Phi) is 10.6. The monoisotopic (exact) mass is 628 g/mol. The molecular weight excluding hydrogens is 583 g/mol. The average Bonchev–Trinajstić information content (AvgIpc) is 3.41. The average molecular weight is 631 g/mol. The molecule has 3 heteroatoms. The molecule has 4 rings (SSSR count). The molecule has 2 aromatic carbocycles. The number of benzene rings is 2. The summed E-state index contributed by atoms with van der Waals surface area (Å²) in [6.45, 7) is 26.1. The van der Waals surface area contributed by atoms with E-state index in [-0.39, 0.29) is 35.6 Å². The minimum Gasteiger partial charge on any atom is -1.00 e. The van der Waals surface area contributed by atoms with E-state index in [1.165, 1.54) is 41.5 Å². The number of hydrogen-bond acceptors (Lipinski definition) is 0. The molecule has 206 valence electrons. The van der Waals surface area contributed by atoms with Crippen molar-refractivity contribution in [2.75, 3.05) is 0 Å². The van der Waals surface area contributed by atoms with Crippen LogP contribution in [-0.2, 0) is 32.1 Å². The zero-order valence-corrected chi connectivity index (χ0v) is 29.5. The summed E-state index contributed by atoms with van der Waals surface area (Å²) < 4.78 is 4.10. The van der Waals surface area contributed by atoms with E-state index in [1.807, 2.05) is 0 Å². The van der Waals surface area contributed by atoms with Crippen molar-refractivity contribution >= 4 is 3.21 Å². The van der Waals surface area contributed by atoms with Crippen LogP contribution in [0.2, 0.25) is 0 Å². The molecule has 0 saturated carbocycles. The van der Waals surface area contributed by atoms with E-state index in [9.17, 15) is 0 Å². The number of fused-ring (bicyclic) bond motifs is 3. The van der Waals surface area contributed by atoms with Crippen molar-refractivity contribution in [3.63, 3.8) is 0 Å². The van der Waals surface area contributed by atoms with Crippen molar-refractivity contribution in [2.45, 2.75) is 110 Å². The van der Waals surface area contributed by atoms with E-state index < -0.39 is 21.3 Å². The Balaban J connectivity index is 0.00000253. The Hall–Kier alpha value is -0.747. The molecule has 0 nitrogen and oxygen atoms in total. The number of halogens is 2. The third-order valence-electron chi connectivity index (χ3n) is 9.05. The number of allylic oxidation sites excluding steroid dienone is 4. The molecule has 0 radical (unpaired) electrons. The van der Waals surface area contributed by atoms with Crippen molar-refractivity contribution in [3.8, 4) is 11.1 Å². The van der Waals surface area contributed by atoms with Crippen LogP contribution in [0.25, 0.3) is 11.1 Å². The zero-order chi connectivity index (χ0) is 26.6. The topological polar surface area (TPSA) is 0 Å². The van der Waals surface area contributed by atoms with Crippen molar-refractivity contribution < 1.29 is 46.1 Å². The second-order valence-electron chi connectivity index (χ2n) is 13.8. The van der Waals surface area contributed by atoms with Gasteiger partial charge in [0.1, 0.15) is 0 Å². The van der Waals surface area contributed by atoms with Crippen LogP contribution >= 0.6 is 0 Å². The molecule has 0 amide bonds. The van der Waals surface area contributed by atoms with E-state index in [2.05, 4.69) is 125 Å². The van der Waals surface area contributed by atoms with Crippen LogP contribution in [0.5, 0.6) is 0 Å². The molecule has 2 aliphatic rings. The smallest absolute Gasteiger partial charge is 1.00 e. The molecule has 0 spiro atoms. The fourth-order valence-electron chi connectivity index (χ4n) is 6.08. The van der Waals surface area contributed by atoms with E-state index in [0.29, 0.717) is 9.04 Å². The molecular formula is C35H48Cl2Zr. The third kappa shape index (κ3) is 6.11. The summed E-state index contributed by atoms with van der Waals surface area (Å²) in [6, 6.07) is 14.9. The Bertz CT molecular complexity index is 1210. The Morgan fingerprint density at radius 3 is 1.58 bits per heavy atom. The first-order valence-corrected chi connectivity index (χ1v) is 18.0. The van der Waals surface area contributed by atoms with Gasteiger partial charge in [-0.25, -0.2) is 0 Å². The van der Waals surface area contributed by atoms with Crippen molar-refractivity contribution in [2.24, 2.45) is 5.41 Å². The summed E-state index contributed by atoms with van der Waals surface area (Å²) in [4.78, 5) is 0. The van der Waals surface area contributed by atoms with Crippen LogP contribution in [0, 0.1) is 5.41 Å². The van der Waals surface area contributed by atoms with Gasteiger partial charge < -0.3 is 24.8 Å². The van der Waals surface area contributed by atoms with Crippen LogP contribution in [0.3, 0.4) is 0 Å². The van der Waals surface area contributed by atoms with Gasteiger partial charge in [0.05, 0.1) is 0 Å². The van der Waals surface area contributed by atoms with E-state index >= 15 is 0 Å². The molecule has 38 heavy (non-hydrogen) atoms. The van der Waals surface area contributed by atoms with E-state index in [4.69, 9.17) is 0 Å². The first-order chi connectivity index (χ1) is 16.7. The standard InChI is InChI=1S/C21H25.C11H17.C3H6.2ClH.Zr/c1-20(2,3)16-9-7-14-11-15-8-10-17(21(4,5)6)13-19(15)18(14)12-16;1-4-11(3,5-2)10-8-6-7-9-10;1-3-2;;;/h7-13H,1-6H3;8-9H,4-6H2,1-3H3;1-2H3;2*1H;/q;;;;;+2/p-2. The molecule has 2 aliphatic carbocycles. The summed E-state index contributed by atoms with van der Waals surface area (Å²) in [5.41, 5.74) is 11.3. The minimum absolute atomic E-state index is 0. The predicted octanol–water partition coefficient (Wildman–Crippen LogP) is 4.23. The maximum absolute atomic E-state index is 2.67. The van der Waals surface area contributed by atoms with Crippen LogP contribution in [0.1, 0.15) is 121 Å². The Labute approximate surface area is 253 Å². The Morgan fingerprint density at radius 2 is 1.21 bits per heavy atom. The van der Waals surface area contributed by atoms with Gasteiger partial charge in [0.25, 0.3) is 0 Å². The predicted molar refractivity (Wildman–Crippen MR) is 157 cm³/mol. The first-order valence-electron chi connectivity index (χ1n) is 14.1. The van der Waals surface area contributed by atoms with Gasteiger partial charge in [-0.3, -0.25) is 0 Å². The fourth-order valence-corrected chi connectivity index (χ4v) is 14.3. The molecule has 0 bridgehead atoms. The molecule has 0 atom stereocenters. The van der Waals surface area contributed by atoms with Gasteiger partial charge in [-0.2, -0.15) is 0 Å². The van der Waals surface area contributed by atoms with Gasteiger partial charge in [-0.1, -0.05) is 0 Å². The first kappa shape index (κ1) is 33.5. The molecule has 2 aromatic rings. The van der Waals surface area contributed by atoms with Crippen LogP contribution < -0.4 is 24.8 Å². The Morgan fingerprint density at radius 1 is 0.763 bits per heavy atom. The van der Waals surface area contributed by atoms with Gasteiger partial charge in [0.15, 0.2) is 0 Å². The summed E-state index contributed by atoms with van der Waals surface area (Å²) in [6.07, 6.45) is 8.85.